The summed E-state index contributed by atoms with van der Waals surface area (Å²) in [4.78, 5) is 1.87. The fraction of sp³-hybridized carbons (Fsp3) is 0.600. The zero-order chi connectivity index (χ0) is 24.3. The van der Waals surface area contributed by atoms with Crippen molar-refractivity contribution in [2.75, 3.05) is 38.4 Å². The van der Waals surface area contributed by atoms with Crippen LogP contribution in [0.4, 0.5) is 5.69 Å². The van der Waals surface area contributed by atoms with Gasteiger partial charge in [0, 0.05) is 32.0 Å². The molecule has 1 aliphatic heterocycles. The van der Waals surface area contributed by atoms with Crippen LogP contribution in [0.2, 0.25) is 0 Å². The van der Waals surface area contributed by atoms with Gasteiger partial charge in [-0.25, -0.2) is 0 Å². The van der Waals surface area contributed by atoms with Crippen molar-refractivity contribution in [3.05, 3.63) is 47.9 Å². The SMILES string of the molecule is COCc1ccc(CN2C[C@@H](O)[C@@H](O)[C@@H]([C@H](O)CO)OCCCCCCOc3cccc2c3)o1. The van der Waals surface area contributed by atoms with Gasteiger partial charge in [-0.15, -0.1) is 0 Å². The fourth-order valence-electron chi connectivity index (χ4n) is 4.01. The van der Waals surface area contributed by atoms with E-state index in [1.54, 1.807) is 7.11 Å². The monoisotopic (exact) mass is 479 g/mol. The molecule has 0 radical (unpaired) electrons. The highest BCUT2D eigenvalue weighted by Crippen LogP contribution is 2.25. The molecule has 190 valence electrons. The molecule has 1 aromatic carbocycles. The smallest absolute Gasteiger partial charge is 0.129 e. The molecule has 2 aromatic rings. The molecule has 1 aliphatic rings. The Balaban J connectivity index is 1.86. The van der Waals surface area contributed by atoms with Gasteiger partial charge in [0.1, 0.15) is 42.2 Å². The number of ether oxygens (including phenoxy) is 3. The van der Waals surface area contributed by atoms with Gasteiger partial charge < -0.3 is 44.0 Å². The number of hydrogen-bond acceptors (Lipinski definition) is 9. The van der Waals surface area contributed by atoms with Crippen LogP contribution in [0.15, 0.2) is 40.8 Å². The number of aliphatic hydroxyl groups is 4. The first-order valence-electron chi connectivity index (χ1n) is 11.8. The largest absolute Gasteiger partial charge is 0.494 e. The molecule has 2 bridgehead atoms. The minimum absolute atomic E-state index is 0.0307. The standard InChI is InChI=1S/C25H37NO8/c1-31-17-21-10-9-20(34-21)14-26-15-22(28)24(30)25(23(29)16-27)33-12-5-3-2-4-11-32-19-8-6-7-18(26)13-19/h6-10,13,22-25,27-30H,2-5,11-12,14-17H2,1H3/t22-,23-,24-,25-/m1/s1. The van der Waals surface area contributed by atoms with E-state index in [9.17, 15) is 20.4 Å². The molecule has 4 atom stereocenters. The second-order valence-corrected chi connectivity index (χ2v) is 8.58. The number of hydrogen-bond donors (Lipinski definition) is 4. The minimum Gasteiger partial charge on any atom is -0.494 e. The first-order valence-corrected chi connectivity index (χ1v) is 11.8. The van der Waals surface area contributed by atoms with E-state index in [0.717, 1.165) is 37.1 Å². The first kappa shape index (κ1) is 26.5. The van der Waals surface area contributed by atoms with E-state index in [2.05, 4.69) is 0 Å². The van der Waals surface area contributed by atoms with Gasteiger partial charge >= 0.3 is 0 Å². The molecule has 0 saturated carbocycles. The second-order valence-electron chi connectivity index (χ2n) is 8.58. The van der Waals surface area contributed by atoms with Crippen molar-refractivity contribution in [1.82, 2.24) is 0 Å². The van der Waals surface area contributed by atoms with E-state index in [1.807, 2.05) is 41.3 Å². The average Bonchev–Trinajstić information content (AvgIpc) is 3.28. The number of anilines is 1. The van der Waals surface area contributed by atoms with Crippen molar-refractivity contribution in [2.45, 2.75) is 63.3 Å². The number of aliphatic hydroxyl groups excluding tert-OH is 4. The van der Waals surface area contributed by atoms with Gasteiger partial charge in [-0.3, -0.25) is 0 Å². The van der Waals surface area contributed by atoms with Gasteiger partial charge in [0.15, 0.2) is 0 Å². The Hall–Kier alpha value is -2.14. The maximum atomic E-state index is 10.9. The van der Waals surface area contributed by atoms with Crippen LogP contribution in [-0.2, 0) is 22.6 Å². The fourth-order valence-corrected chi connectivity index (χ4v) is 4.01. The molecular formula is C25H37NO8. The lowest BCUT2D eigenvalue weighted by Gasteiger charge is -2.33. The Morgan fingerprint density at radius 1 is 1.06 bits per heavy atom. The van der Waals surface area contributed by atoms with E-state index in [0.29, 0.717) is 37.9 Å². The van der Waals surface area contributed by atoms with E-state index in [4.69, 9.17) is 18.6 Å². The number of rotatable bonds is 6. The van der Waals surface area contributed by atoms with Gasteiger partial charge in [-0.05, 0) is 43.5 Å². The van der Waals surface area contributed by atoms with Crippen LogP contribution in [0.1, 0.15) is 37.2 Å². The summed E-state index contributed by atoms with van der Waals surface area (Å²) in [5, 5.41) is 41.4. The van der Waals surface area contributed by atoms with Crippen molar-refractivity contribution < 1.29 is 39.1 Å². The summed E-state index contributed by atoms with van der Waals surface area (Å²) < 4.78 is 22.6. The zero-order valence-corrected chi connectivity index (χ0v) is 19.7. The average molecular weight is 480 g/mol. The van der Waals surface area contributed by atoms with Crippen molar-refractivity contribution in [1.29, 1.82) is 0 Å². The van der Waals surface area contributed by atoms with Gasteiger partial charge in [0.2, 0.25) is 0 Å². The van der Waals surface area contributed by atoms with E-state index < -0.39 is 31.0 Å². The van der Waals surface area contributed by atoms with Gasteiger partial charge in [-0.2, -0.15) is 0 Å². The topological polar surface area (TPSA) is 125 Å². The van der Waals surface area contributed by atoms with Crippen LogP contribution in [0.25, 0.3) is 0 Å². The Bertz CT molecular complexity index is 844. The van der Waals surface area contributed by atoms with Crippen molar-refractivity contribution >= 4 is 5.69 Å². The summed E-state index contributed by atoms with van der Waals surface area (Å²) >= 11 is 0. The number of fused-ring (bicyclic) bond motifs is 2. The van der Waals surface area contributed by atoms with Crippen LogP contribution in [0.3, 0.4) is 0 Å². The molecule has 9 heteroatoms. The Morgan fingerprint density at radius 2 is 1.82 bits per heavy atom. The predicted octanol–water partition coefficient (Wildman–Crippen LogP) is 1.85. The van der Waals surface area contributed by atoms with Crippen LogP contribution < -0.4 is 9.64 Å². The van der Waals surface area contributed by atoms with E-state index in [-0.39, 0.29) is 6.54 Å². The molecule has 9 nitrogen and oxygen atoms in total. The number of nitrogens with zero attached hydrogens (tertiary/aromatic N) is 1. The Morgan fingerprint density at radius 3 is 2.59 bits per heavy atom. The number of methoxy groups -OCH3 is 1. The molecule has 0 saturated heterocycles. The maximum absolute atomic E-state index is 10.9. The summed E-state index contributed by atoms with van der Waals surface area (Å²) in [6.45, 7) is 1.03. The summed E-state index contributed by atoms with van der Waals surface area (Å²) in [6.07, 6.45) is -1.60. The highest BCUT2D eigenvalue weighted by atomic mass is 16.5. The van der Waals surface area contributed by atoms with Crippen LogP contribution in [-0.4, -0.2) is 78.3 Å². The zero-order valence-electron chi connectivity index (χ0n) is 19.7. The maximum Gasteiger partial charge on any atom is 0.129 e. The van der Waals surface area contributed by atoms with Crippen LogP contribution in [0.5, 0.6) is 5.75 Å². The van der Waals surface area contributed by atoms with E-state index >= 15 is 0 Å². The molecule has 0 unspecified atom stereocenters. The summed E-state index contributed by atoms with van der Waals surface area (Å²) in [6, 6.07) is 11.2. The first-order chi connectivity index (χ1) is 16.5. The molecule has 4 N–H and O–H groups in total. The number of benzene rings is 1. The molecule has 3 rings (SSSR count). The van der Waals surface area contributed by atoms with Crippen LogP contribution in [0, 0.1) is 0 Å². The Labute approximate surface area is 200 Å². The van der Waals surface area contributed by atoms with Crippen LogP contribution >= 0.6 is 0 Å². The molecular weight excluding hydrogens is 442 g/mol. The van der Waals surface area contributed by atoms with Crippen molar-refractivity contribution in [3.63, 3.8) is 0 Å². The third-order valence-electron chi connectivity index (χ3n) is 5.86. The molecule has 0 aliphatic carbocycles. The third-order valence-corrected chi connectivity index (χ3v) is 5.86. The molecule has 0 fully saturated rings. The summed E-state index contributed by atoms with van der Waals surface area (Å²) in [7, 11) is 1.59. The third kappa shape index (κ3) is 7.69. The number of β-amino-alcohol motifs (C(OH)–C–C–N with tert-alkyl or cyclic N) is 1. The molecule has 0 spiro atoms. The predicted molar refractivity (Wildman–Crippen MR) is 126 cm³/mol. The molecule has 2 heterocycles. The van der Waals surface area contributed by atoms with Gasteiger partial charge in [-0.1, -0.05) is 12.5 Å². The number of furan rings is 1. The highest BCUT2D eigenvalue weighted by Gasteiger charge is 2.34. The second kappa shape index (κ2) is 13.7. The lowest BCUT2D eigenvalue weighted by atomic mass is 10.0. The Kier molecular flexibility index (Phi) is 10.6. The summed E-state index contributed by atoms with van der Waals surface area (Å²) in [5.74, 6) is 2.07. The van der Waals surface area contributed by atoms with Crippen molar-refractivity contribution in [2.24, 2.45) is 0 Å². The van der Waals surface area contributed by atoms with Gasteiger partial charge in [0.25, 0.3) is 0 Å². The summed E-state index contributed by atoms with van der Waals surface area (Å²) in [5.41, 5.74) is 0.778. The van der Waals surface area contributed by atoms with Gasteiger partial charge in [0.05, 0.1) is 25.9 Å². The molecule has 0 amide bonds. The molecule has 1 aromatic heterocycles. The normalized spacial score (nSPS) is 23.9. The van der Waals surface area contributed by atoms with Crippen molar-refractivity contribution in [3.8, 4) is 5.75 Å². The lowest BCUT2D eigenvalue weighted by molar-refractivity contribution is -0.141. The highest BCUT2D eigenvalue weighted by molar-refractivity contribution is 5.51. The quantitative estimate of drug-likeness (QED) is 0.491. The minimum atomic E-state index is -1.40. The lowest BCUT2D eigenvalue weighted by Crippen LogP contribution is -2.51. The molecule has 34 heavy (non-hydrogen) atoms. The van der Waals surface area contributed by atoms with E-state index in [1.165, 1.54) is 0 Å².